The number of anilines is 1. The predicted octanol–water partition coefficient (Wildman–Crippen LogP) is 4.04. The first-order chi connectivity index (χ1) is 9.67. The van der Waals surface area contributed by atoms with Crippen molar-refractivity contribution in [2.45, 2.75) is 13.3 Å². The van der Waals surface area contributed by atoms with Crippen molar-refractivity contribution in [2.24, 2.45) is 0 Å². The molecular weight excluding hydrogens is 253 g/mol. The smallest absolute Gasteiger partial charge is 0.248 e. The van der Waals surface area contributed by atoms with Gasteiger partial charge >= 0.3 is 0 Å². The van der Waals surface area contributed by atoms with Crippen molar-refractivity contribution < 1.29 is 9.18 Å². The SMILES string of the molecule is CCc1ccc(/C=C/C(=O)Nc2ccc(F)cc2)cc1. The summed E-state index contributed by atoms with van der Waals surface area (Å²) in [5.41, 5.74) is 2.80. The molecule has 2 nitrogen and oxygen atoms in total. The number of rotatable bonds is 4. The van der Waals surface area contributed by atoms with Crippen molar-refractivity contribution in [3.05, 3.63) is 71.6 Å². The molecule has 0 heterocycles. The maximum absolute atomic E-state index is 12.7. The van der Waals surface area contributed by atoms with Gasteiger partial charge in [0.1, 0.15) is 5.82 Å². The van der Waals surface area contributed by atoms with Crippen LogP contribution in [0.3, 0.4) is 0 Å². The van der Waals surface area contributed by atoms with Crippen LogP contribution in [0.4, 0.5) is 10.1 Å². The van der Waals surface area contributed by atoms with E-state index in [1.165, 1.54) is 35.9 Å². The Morgan fingerprint density at radius 2 is 1.75 bits per heavy atom. The second-order valence-corrected chi connectivity index (χ2v) is 4.42. The highest BCUT2D eigenvalue weighted by atomic mass is 19.1. The van der Waals surface area contributed by atoms with Gasteiger partial charge in [-0.1, -0.05) is 31.2 Å². The van der Waals surface area contributed by atoms with Crippen LogP contribution in [0.25, 0.3) is 6.08 Å². The molecule has 2 aromatic carbocycles. The lowest BCUT2D eigenvalue weighted by molar-refractivity contribution is -0.111. The molecule has 0 spiro atoms. The molecule has 102 valence electrons. The Balaban J connectivity index is 1.96. The molecule has 0 radical (unpaired) electrons. The molecule has 0 aliphatic rings. The summed E-state index contributed by atoms with van der Waals surface area (Å²) in [6, 6.07) is 13.7. The van der Waals surface area contributed by atoms with Crippen LogP contribution in [-0.2, 0) is 11.2 Å². The van der Waals surface area contributed by atoms with Crippen molar-refractivity contribution in [1.29, 1.82) is 0 Å². The average molecular weight is 269 g/mol. The van der Waals surface area contributed by atoms with Crippen LogP contribution >= 0.6 is 0 Å². The number of hydrogen-bond donors (Lipinski definition) is 1. The lowest BCUT2D eigenvalue weighted by atomic mass is 10.1. The van der Waals surface area contributed by atoms with E-state index in [0.717, 1.165) is 12.0 Å². The van der Waals surface area contributed by atoms with Gasteiger partial charge < -0.3 is 5.32 Å². The number of hydrogen-bond acceptors (Lipinski definition) is 1. The summed E-state index contributed by atoms with van der Waals surface area (Å²) in [6.07, 6.45) is 4.21. The van der Waals surface area contributed by atoms with Crippen LogP contribution in [0.2, 0.25) is 0 Å². The number of amides is 1. The zero-order valence-corrected chi connectivity index (χ0v) is 11.3. The van der Waals surface area contributed by atoms with Crippen molar-refractivity contribution in [3.8, 4) is 0 Å². The first-order valence-electron chi connectivity index (χ1n) is 6.51. The number of benzene rings is 2. The number of nitrogens with one attached hydrogen (secondary N) is 1. The van der Waals surface area contributed by atoms with Crippen LogP contribution < -0.4 is 5.32 Å². The van der Waals surface area contributed by atoms with Crippen LogP contribution in [0.15, 0.2) is 54.6 Å². The minimum absolute atomic E-state index is 0.240. The fourth-order valence-electron chi connectivity index (χ4n) is 1.75. The van der Waals surface area contributed by atoms with Gasteiger partial charge in [-0.05, 0) is 47.9 Å². The fraction of sp³-hybridized carbons (Fsp3) is 0.118. The Hall–Kier alpha value is -2.42. The lowest BCUT2D eigenvalue weighted by Gasteiger charge is -2.01. The normalized spacial score (nSPS) is 10.7. The summed E-state index contributed by atoms with van der Waals surface area (Å²) < 4.78 is 12.7. The second-order valence-electron chi connectivity index (χ2n) is 4.42. The quantitative estimate of drug-likeness (QED) is 0.834. The van der Waals surface area contributed by atoms with Gasteiger partial charge in [0, 0.05) is 11.8 Å². The van der Waals surface area contributed by atoms with Crippen LogP contribution in [0.5, 0.6) is 0 Å². The van der Waals surface area contributed by atoms with E-state index >= 15 is 0 Å². The third kappa shape index (κ3) is 4.05. The molecule has 0 atom stereocenters. The Kier molecular flexibility index (Phi) is 4.66. The van der Waals surface area contributed by atoms with Crippen molar-refractivity contribution in [1.82, 2.24) is 0 Å². The van der Waals surface area contributed by atoms with Gasteiger partial charge in [-0.25, -0.2) is 4.39 Å². The van der Waals surface area contributed by atoms with E-state index in [-0.39, 0.29) is 11.7 Å². The van der Waals surface area contributed by atoms with Gasteiger partial charge in [-0.3, -0.25) is 4.79 Å². The molecule has 0 aliphatic carbocycles. The van der Waals surface area contributed by atoms with Gasteiger partial charge in [-0.15, -0.1) is 0 Å². The van der Waals surface area contributed by atoms with E-state index in [9.17, 15) is 9.18 Å². The number of halogens is 1. The van der Waals surface area contributed by atoms with E-state index in [1.807, 2.05) is 24.3 Å². The molecule has 2 aromatic rings. The highest BCUT2D eigenvalue weighted by Crippen LogP contribution is 2.09. The molecule has 20 heavy (non-hydrogen) atoms. The summed E-state index contributed by atoms with van der Waals surface area (Å²) in [6.45, 7) is 2.10. The van der Waals surface area contributed by atoms with Gasteiger partial charge in [-0.2, -0.15) is 0 Å². The minimum Gasteiger partial charge on any atom is -0.323 e. The van der Waals surface area contributed by atoms with Crippen LogP contribution in [0.1, 0.15) is 18.1 Å². The molecule has 3 heteroatoms. The average Bonchev–Trinajstić information content (AvgIpc) is 2.48. The zero-order chi connectivity index (χ0) is 14.4. The third-order valence-corrected chi connectivity index (χ3v) is 2.93. The molecule has 1 amide bonds. The van der Waals surface area contributed by atoms with E-state index in [0.29, 0.717) is 5.69 Å². The van der Waals surface area contributed by atoms with Gasteiger partial charge in [0.2, 0.25) is 5.91 Å². The highest BCUT2D eigenvalue weighted by Gasteiger charge is 1.98. The maximum atomic E-state index is 12.7. The molecule has 0 aliphatic heterocycles. The fourth-order valence-corrected chi connectivity index (χ4v) is 1.75. The van der Waals surface area contributed by atoms with Gasteiger partial charge in [0.25, 0.3) is 0 Å². The van der Waals surface area contributed by atoms with Crippen LogP contribution in [0, 0.1) is 5.82 Å². The molecular formula is C17H16FNO. The molecule has 2 rings (SSSR count). The van der Waals surface area contributed by atoms with Crippen LogP contribution in [-0.4, -0.2) is 5.91 Å². The van der Waals surface area contributed by atoms with Gasteiger partial charge in [0.15, 0.2) is 0 Å². The maximum Gasteiger partial charge on any atom is 0.248 e. The molecule has 0 aromatic heterocycles. The summed E-state index contributed by atoms with van der Waals surface area (Å²) >= 11 is 0. The largest absolute Gasteiger partial charge is 0.323 e. The monoisotopic (exact) mass is 269 g/mol. The molecule has 0 unspecified atom stereocenters. The molecule has 0 saturated carbocycles. The number of carbonyl (C=O) groups is 1. The predicted molar refractivity (Wildman–Crippen MR) is 79.9 cm³/mol. The lowest BCUT2D eigenvalue weighted by Crippen LogP contribution is -2.07. The van der Waals surface area contributed by atoms with Crippen molar-refractivity contribution >= 4 is 17.7 Å². The first kappa shape index (κ1) is 14.0. The van der Waals surface area contributed by atoms with Crippen molar-refractivity contribution in [3.63, 3.8) is 0 Å². The first-order valence-corrected chi connectivity index (χ1v) is 6.51. The Labute approximate surface area is 118 Å². The van der Waals surface area contributed by atoms with Crippen molar-refractivity contribution in [2.75, 3.05) is 5.32 Å². The summed E-state index contributed by atoms with van der Waals surface area (Å²) in [4.78, 5) is 11.7. The minimum atomic E-state index is -0.324. The molecule has 0 fully saturated rings. The highest BCUT2D eigenvalue weighted by molar-refractivity contribution is 6.01. The molecule has 0 bridgehead atoms. The van der Waals surface area contributed by atoms with Gasteiger partial charge in [0.05, 0.1) is 0 Å². The molecule has 1 N–H and O–H groups in total. The Morgan fingerprint density at radius 1 is 1.10 bits per heavy atom. The zero-order valence-electron chi connectivity index (χ0n) is 11.3. The Morgan fingerprint density at radius 3 is 2.35 bits per heavy atom. The van der Waals surface area contributed by atoms with E-state index in [1.54, 1.807) is 6.08 Å². The Bertz CT molecular complexity index is 600. The summed E-state index contributed by atoms with van der Waals surface area (Å²) in [5.74, 6) is -0.564. The summed E-state index contributed by atoms with van der Waals surface area (Å²) in [5, 5.41) is 2.67. The van der Waals surface area contributed by atoms with E-state index in [4.69, 9.17) is 0 Å². The number of aryl methyl sites for hydroxylation is 1. The van der Waals surface area contributed by atoms with E-state index < -0.39 is 0 Å². The van der Waals surface area contributed by atoms with E-state index in [2.05, 4.69) is 12.2 Å². The second kappa shape index (κ2) is 6.66. The summed E-state index contributed by atoms with van der Waals surface area (Å²) in [7, 11) is 0. The topological polar surface area (TPSA) is 29.1 Å². The molecule has 0 saturated heterocycles. The number of carbonyl (C=O) groups excluding carboxylic acids is 1. The standard InChI is InChI=1S/C17H16FNO/c1-2-13-3-5-14(6-4-13)7-12-17(20)19-16-10-8-15(18)9-11-16/h3-12H,2H2,1H3,(H,19,20)/b12-7+. The third-order valence-electron chi connectivity index (χ3n) is 2.93.